The fraction of sp³-hybridized carbons (Fsp3) is 0.147. The van der Waals surface area contributed by atoms with Crippen LogP contribution in [0.2, 0.25) is 0 Å². The Morgan fingerprint density at radius 2 is 1.08 bits per heavy atom. The van der Waals surface area contributed by atoms with Crippen LogP contribution in [0, 0.1) is 23.3 Å². The van der Waals surface area contributed by atoms with Gasteiger partial charge in [-0.2, -0.15) is 4.98 Å². The lowest BCUT2D eigenvalue weighted by Crippen LogP contribution is -2.30. The molecule has 1 amide bonds. The molecule has 0 bridgehead atoms. The number of carbonyl (C=O) groups is 3. The monoisotopic (exact) mass is 746 g/mol. The molecule has 7 N–H and O–H groups in total. The van der Waals surface area contributed by atoms with Crippen molar-refractivity contribution >= 4 is 23.8 Å². The van der Waals surface area contributed by atoms with Gasteiger partial charge in [-0.05, 0) is 48.5 Å². The molecule has 5 rings (SSSR count). The molecule has 4 aromatic carbocycles. The lowest BCUT2D eigenvalue weighted by Gasteiger charge is -2.03. The molecule has 0 fully saturated rings. The van der Waals surface area contributed by atoms with Crippen LogP contribution in [0.3, 0.4) is 0 Å². The predicted octanol–water partition coefficient (Wildman–Crippen LogP) is 4.79. The third kappa shape index (κ3) is 12.4. The molecule has 0 radical (unpaired) electrons. The van der Waals surface area contributed by atoms with Crippen LogP contribution >= 0.6 is 0 Å². The minimum Gasteiger partial charge on any atom is -0.497 e. The fourth-order valence-electron chi connectivity index (χ4n) is 3.79. The highest BCUT2D eigenvalue weighted by Crippen LogP contribution is 2.24. The van der Waals surface area contributed by atoms with Crippen molar-refractivity contribution in [1.82, 2.24) is 20.6 Å². The third-order valence-electron chi connectivity index (χ3n) is 6.47. The van der Waals surface area contributed by atoms with Gasteiger partial charge in [0.1, 0.15) is 46.3 Å². The van der Waals surface area contributed by atoms with Crippen molar-refractivity contribution in [1.29, 1.82) is 0 Å². The van der Waals surface area contributed by atoms with Crippen LogP contribution < -0.4 is 35.9 Å². The number of aromatic amines is 1. The summed E-state index contributed by atoms with van der Waals surface area (Å²) in [4.78, 5) is 36.0. The standard InChI is InChI=1S/C9H9FN4O.C9H9FO3.C8H9FN2O2.C8H7FO3/c1-15-5-2-3-6(7(10)4-5)8-12-9(11)14-13-8;1-12-6-3-4-7(8(10)5-6)9(11)13-2;1-13-5-2-3-6(7(9)4-5)8(12)11-10;1-12-5-2-3-6(8(10)11)7(9)4-5/h2-4H,1H3,(H3,11,12,13,14);3-5H,1-2H3;2-4H,10H2,1H3,(H,11,12);2-4H,1H3,(H,10,11). The molecular weight excluding hydrogens is 712 g/mol. The van der Waals surface area contributed by atoms with Crippen molar-refractivity contribution < 1.29 is 60.7 Å². The Morgan fingerprint density at radius 3 is 1.42 bits per heavy atom. The van der Waals surface area contributed by atoms with Gasteiger partial charge >= 0.3 is 11.9 Å². The highest BCUT2D eigenvalue weighted by Gasteiger charge is 2.13. The molecular formula is C34H34F4N6O9. The maximum Gasteiger partial charge on any atom is 0.340 e. The molecule has 0 unspecified atom stereocenters. The number of nitrogens with zero attached hydrogens (tertiary/aromatic N) is 2. The molecule has 53 heavy (non-hydrogen) atoms. The molecule has 1 aromatic heterocycles. The van der Waals surface area contributed by atoms with Crippen LogP contribution in [0.4, 0.5) is 23.5 Å². The summed E-state index contributed by atoms with van der Waals surface area (Å²) in [6.07, 6.45) is 0. The number of benzene rings is 4. The molecule has 15 nitrogen and oxygen atoms in total. The number of esters is 1. The van der Waals surface area contributed by atoms with Crippen molar-refractivity contribution in [2.45, 2.75) is 0 Å². The van der Waals surface area contributed by atoms with Gasteiger partial charge in [0.25, 0.3) is 5.91 Å². The normalized spacial score (nSPS) is 9.70. The molecule has 19 heteroatoms. The summed E-state index contributed by atoms with van der Waals surface area (Å²) in [5, 5.41) is 14.6. The first-order valence-electron chi connectivity index (χ1n) is 14.6. The number of hydrazine groups is 1. The highest BCUT2D eigenvalue weighted by molar-refractivity contribution is 5.94. The Balaban J connectivity index is 0.000000245. The Morgan fingerprint density at radius 1 is 0.660 bits per heavy atom. The third-order valence-corrected chi connectivity index (χ3v) is 6.47. The minimum atomic E-state index is -1.28. The number of aromatic nitrogens is 3. The van der Waals surface area contributed by atoms with Gasteiger partial charge in [-0.25, -0.2) is 33.0 Å². The SMILES string of the molecule is COC(=O)c1ccc(OC)cc1F.COc1ccc(-c2nc(N)n[nH]2)c(F)c1.COc1ccc(C(=O)NN)c(F)c1.COc1ccc(C(=O)O)c(F)c1. The molecule has 0 saturated carbocycles. The number of carboxylic acid groups (broad SMARTS) is 1. The van der Waals surface area contributed by atoms with E-state index in [-0.39, 0.29) is 22.6 Å². The summed E-state index contributed by atoms with van der Waals surface area (Å²) in [5.41, 5.74) is 6.91. The number of ether oxygens (including phenoxy) is 5. The van der Waals surface area contributed by atoms with Gasteiger partial charge in [0.15, 0.2) is 5.82 Å². The predicted molar refractivity (Wildman–Crippen MR) is 182 cm³/mol. The van der Waals surface area contributed by atoms with Gasteiger partial charge in [-0.3, -0.25) is 15.3 Å². The Bertz CT molecular complexity index is 1950. The maximum atomic E-state index is 13.5. The van der Waals surface area contributed by atoms with E-state index in [1.165, 1.54) is 71.9 Å². The van der Waals surface area contributed by atoms with Crippen LogP contribution in [0.1, 0.15) is 31.1 Å². The molecule has 0 aliphatic heterocycles. The van der Waals surface area contributed by atoms with E-state index >= 15 is 0 Å². The van der Waals surface area contributed by atoms with E-state index in [1.807, 2.05) is 5.43 Å². The van der Waals surface area contributed by atoms with Crippen LogP contribution in [0.25, 0.3) is 11.4 Å². The number of anilines is 1. The molecule has 0 aliphatic rings. The zero-order valence-electron chi connectivity index (χ0n) is 28.7. The summed E-state index contributed by atoms with van der Waals surface area (Å²) in [5.74, 6) is 1.51. The van der Waals surface area contributed by atoms with E-state index in [2.05, 4.69) is 19.9 Å². The van der Waals surface area contributed by atoms with Crippen LogP contribution in [0.15, 0.2) is 72.8 Å². The second-order valence-electron chi connectivity index (χ2n) is 9.70. The average Bonchev–Trinajstić information content (AvgIpc) is 3.59. The Kier molecular flexibility index (Phi) is 16.5. The Hall–Kier alpha value is -6.89. The zero-order chi connectivity index (χ0) is 39.7. The summed E-state index contributed by atoms with van der Waals surface area (Å²) >= 11 is 0. The van der Waals surface area contributed by atoms with Crippen molar-refractivity contribution in [3.8, 4) is 34.4 Å². The number of hydrogen-bond acceptors (Lipinski definition) is 12. The smallest absolute Gasteiger partial charge is 0.340 e. The number of nitrogens with two attached hydrogens (primary N) is 2. The molecule has 0 spiro atoms. The quantitative estimate of drug-likeness (QED) is 0.0474. The van der Waals surface area contributed by atoms with E-state index in [1.54, 1.807) is 12.1 Å². The van der Waals surface area contributed by atoms with E-state index in [4.69, 9.17) is 35.6 Å². The second kappa shape index (κ2) is 20.7. The molecule has 0 atom stereocenters. The van der Waals surface area contributed by atoms with Crippen LogP contribution in [0.5, 0.6) is 23.0 Å². The van der Waals surface area contributed by atoms with Gasteiger partial charge in [0.05, 0.1) is 57.8 Å². The van der Waals surface area contributed by atoms with Gasteiger partial charge in [0, 0.05) is 24.3 Å². The van der Waals surface area contributed by atoms with Crippen molar-refractivity contribution in [3.63, 3.8) is 0 Å². The van der Waals surface area contributed by atoms with Crippen LogP contribution in [-0.4, -0.2) is 73.7 Å². The number of carboxylic acids is 1. The topological polar surface area (TPSA) is 223 Å². The molecule has 5 aromatic rings. The first-order chi connectivity index (χ1) is 25.2. The summed E-state index contributed by atoms with van der Waals surface area (Å²) in [7, 11) is 6.89. The van der Waals surface area contributed by atoms with Gasteiger partial charge < -0.3 is 34.5 Å². The highest BCUT2D eigenvalue weighted by atomic mass is 19.1. The Labute approximate surface area is 299 Å². The number of nitrogen functional groups attached to an aromatic ring is 2. The summed E-state index contributed by atoms with van der Waals surface area (Å²) in [6, 6.07) is 15.9. The van der Waals surface area contributed by atoms with Gasteiger partial charge in [-0.1, -0.05) is 0 Å². The number of aromatic carboxylic acids is 1. The summed E-state index contributed by atoms with van der Waals surface area (Å²) < 4.78 is 76.0. The molecule has 282 valence electrons. The maximum absolute atomic E-state index is 13.5. The zero-order valence-corrected chi connectivity index (χ0v) is 28.7. The van der Waals surface area contributed by atoms with E-state index < -0.39 is 41.1 Å². The average molecular weight is 747 g/mol. The lowest BCUT2D eigenvalue weighted by atomic mass is 10.2. The van der Waals surface area contributed by atoms with Crippen molar-refractivity contribution in [2.75, 3.05) is 41.3 Å². The number of halogens is 4. The first-order valence-corrected chi connectivity index (χ1v) is 14.6. The van der Waals surface area contributed by atoms with Gasteiger partial charge in [0.2, 0.25) is 5.95 Å². The number of hydrogen-bond donors (Lipinski definition) is 5. The number of amides is 1. The molecule has 0 saturated heterocycles. The van der Waals surface area contributed by atoms with E-state index in [9.17, 15) is 31.9 Å². The second-order valence-corrected chi connectivity index (χ2v) is 9.70. The fourth-order valence-corrected chi connectivity index (χ4v) is 3.79. The van der Waals surface area contributed by atoms with E-state index in [0.717, 1.165) is 24.3 Å². The number of rotatable bonds is 8. The summed E-state index contributed by atoms with van der Waals surface area (Å²) in [6.45, 7) is 0. The van der Waals surface area contributed by atoms with Crippen molar-refractivity contribution in [2.24, 2.45) is 5.84 Å². The van der Waals surface area contributed by atoms with Crippen LogP contribution in [-0.2, 0) is 4.74 Å². The largest absolute Gasteiger partial charge is 0.497 e. The number of methoxy groups -OCH3 is 5. The lowest BCUT2D eigenvalue weighted by molar-refractivity contribution is 0.0594. The first kappa shape index (κ1) is 42.3. The number of nitrogens with one attached hydrogen (secondary N) is 2. The van der Waals surface area contributed by atoms with Gasteiger partial charge in [-0.15, -0.1) is 5.10 Å². The molecule has 1 heterocycles. The van der Waals surface area contributed by atoms with E-state index in [0.29, 0.717) is 34.4 Å². The number of carbonyl (C=O) groups excluding carboxylic acids is 2. The number of H-pyrrole nitrogens is 1. The van der Waals surface area contributed by atoms with Crippen molar-refractivity contribution in [3.05, 3.63) is 113 Å². The minimum absolute atomic E-state index is 0.0835. The molecule has 0 aliphatic carbocycles.